The van der Waals surface area contributed by atoms with E-state index in [0.29, 0.717) is 18.7 Å². The monoisotopic (exact) mass is 275 g/mol. The summed E-state index contributed by atoms with van der Waals surface area (Å²) in [4.78, 5) is 26.2. The number of aromatic amines is 1. The molecule has 0 aliphatic heterocycles. The van der Waals surface area contributed by atoms with E-state index in [-0.39, 0.29) is 5.56 Å². The summed E-state index contributed by atoms with van der Waals surface area (Å²) < 4.78 is 1.47. The Hall–Kier alpha value is -2.10. The molecule has 6 heteroatoms. The SMILES string of the molecule is Cc1cn(Cc2sccc2C#CCN)c(=O)[nH]c1=O. The first kappa shape index (κ1) is 13.3. The van der Waals surface area contributed by atoms with Gasteiger partial charge in [-0.05, 0) is 18.4 Å². The summed E-state index contributed by atoms with van der Waals surface area (Å²) in [5, 5.41) is 1.92. The van der Waals surface area contributed by atoms with Gasteiger partial charge < -0.3 is 5.73 Å². The van der Waals surface area contributed by atoms with Crippen molar-refractivity contribution in [1.29, 1.82) is 0 Å². The van der Waals surface area contributed by atoms with Crippen molar-refractivity contribution in [3.63, 3.8) is 0 Å². The van der Waals surface area contributed by atoms with E-state index >= 15 is 0 Å². The maximum absolute atomic E-state index is 11.7. The van der Waals surface area contributed by atoms with Crippen LogP contribution in [0.3, 0.4) is 0 Å². The van der Waals surface area contributed by atoms with E-state index < -0.39 is 5.69 Å². The normalized spacial score (nSPS) is 10.0. The van der Waals surface area contributed by atoms with Crippen molar-refractivity contribution in [2.75, 3.05) is 6.54 Å². The molecule has 0 saturated heterocycles. The molecule has 5 nitrogen and oxygen atoms in total. The number of hydrogen-bond acceptors (Lipinski definition) is 4. The number of rotatable bonds is 2. The van der Waals surface area contributed by atoms with Gasteiger partial charge in [0.2, 0.25) is 0 Å². The van der Waals surface area contributed by atoms with Crippen LogP contribution in [0.5, 0.6) is 0 Å². The Morgan fingerprint density at radius 2 is 2.26 bits per heavy atom. The lowest BCUT2D eigenvalue weighted by molar-refractivity contribution is 0.720. The lowest BCUT2D eigenvalue weighted by Crippen LogP contribution is -2.31. The molecule has 0 spiro atoms. The van der Waals surface area contributed by atoms with E-state index in [1.54, 1.807) is 13.1 Å². The summed E-state index contributed by atoms with van der Waals surface area (Å²) >= 11 is 1.52. The third kappa shape index (κ3) is 3.02. The zero-order chi connectivity index (χ0) is 13.8. The fourth-order valence-electron chi connectivity index (χ4n) is 1.61. The van der Waals surface area contributed by atoms with E-state index in [4.69, 9.17) is 5.73 Å². The van der Waals surface area contributed by atoms with E-state index in [0.717, 1.165) is 10.4 Å². The first-order valence-corrected chi connectivity index (χ1v) is 6.55. The van der Waals surface area contributed by atoms with Crippen molar-refractivity contribution in [2.45, 2.75) is 13.5 Å². The number of hydrogen-bond donors (Lipinski definition) is 2. The highest BCUT2D eigenvalue weighted by molar-refractivity contribution is 7.10. The van der Waals surface area contributed by atoms with Crippen LogP contribution in [0.2, 0.25) is 0 Å². The van der Waals surface area contributed by atoms with Gasteiger partial charge in [-0.3, -0.25) is 14.3 Å². The first-order valence-electron chi connectivity index (χ1n) is 5.67. The largest absolute Gasteiger partial charge is 0.328 e. The molecule has 0 atom stereocenters. The highest BCUT2D eigenvalue weighted by atomic mass is 32.1. The molecule has 0 saturated carbocycles. The summed E-state index contributed by atoms with van der Waals surface area (Å²) in [7, 11) is 0. The Morgan fingerprint density at radius 3 is 3.00 bits per heavy atom. The van der Waals surface area contributed by atoms with Crippen molar-refractivity contribution in [3.8, 4) is 11.8 Å². The van der Waals surface area contributed by atoms with Gasteiger partial charge in [0.1, 0.15) is 0 Å². The smallest absolute Gasteiger partial charge is 0.320 e. The first-order chi connectivity index (χ1) is 9.11. The quantitative estimate of drug-likeness (QED) is 0.772. The van der Waals surface area contributed by atoms with Gasteiger partial charge in [-0.1, -0.05) is 11.8 Å². The summed E-state index contributed by atoms with van der Waals surface area (Å²) in [6, 6.07) is 1.90. The molecule has 2 aromatic rings. The fraction of sp³-hybridized carbons (Fsp3) is 0.231. The topological polar surface area (TPSA) is 80.9 Å². The van der Waals surface area contributed by atoms with Gasteiger partial charge in [0.25, 0.3) is 5.56 Å². The van der Waals surface area contributed by atoms with E-state index in [2.05, 4.69) is 16.8 Å². The van der Waals surface area contributed by atoms with Crippen molar-refractivity contribution in [2.24, 2.45) is 5.73 Å². The Bertz CT molecular complexity index is 758. The fourth-order valence-corrected chi connectivity index (χ4v) is 2.44. The van der Waals surface area contributed by atoms with Gasteiger partial charge in [0.15, 0.2) is 0 Å². The minimum Gasteiger partial charge on any atom is -0.320 e. The van der Waals surface area contributed by atoms with Gasteiger partial charge >= 0.3 is 5.69 Å². The van der Waals surface area contributed by atoms with E-state index in [9.17, 15) is 9.59 Å². The Morgan fingerprint density at radius 1 is 1.47 bits per heavy atom. The molecule has 0 aliphatic carbocycles. The molecule has 0 radical (unpaired) electrons. The molecule has 0 amide bonds. The summed E-state index contributed by atoms with van der Waals surface area (Å²) in [6.07, 6.45) is 1.56. The van der Waals surface area contributed by atoms with E-state index in [1.165, 1.54) is 15.9 Å². The summed E-state index contributed by atoms with van der Waals surface area (Å²) in [6.45, 7) is 2.36. The number of nitrogens with one attached hydrogen (secondary N) is 1. The predicted octanol–water partition coefficient (Wildman–Crippen LogP) is 0.265. The van der Waals surface area contributed by atoms with Crippen LogP contribution in [0, 0.1) is 18.8 Å². The van der Waals surface area contributed by atoms with Crippen LogP contribution in [-0.4, -0.2) is 16.1 Å². The molecule has 0 fully saturated rings. The summed E-state index contributed by atoms with van der Waals surface area (Å²) in [5.74, 6) is 5.76. The maximum atomic E-state index is 11.7. The second-order valence-corrected chi connectivity index (χ2v) is 4.96. The highest BCUT2D eigenvalue weighted by Gasteiger charge is 2.06. The number of thiophene rings is 1. The molecule has 0 unspecified atom stereocenters. The van der Waals surface area contributed by atoms with Crippen LogP contribution >= 0.6 is 11.3 Å². The van der Waals surface area contributed by atoms with Crippen LogP contribution in [0.25, 0.3) is 0 Å². The Labute approximate surface area is 113 Å². The highest BCUT2D eigenvalue weighted by Crippen LogP contribution is 2.16. The average Bonchev–Trinajstić information content (AvgIpc) is 2.81. The van der Waals surface area contributed by atoms with Crippen molar-refractivity contribution in [1.82, 2.24) is 9.55 Å². The average molecular weight is 275 g/mol. The van der Waals surface area contributed by atoms with Crippen LogP contribution < -0.4 is 17.0 Å². The number of aryl methyl sites for hydroxylation is 1. The molecular weight excluding hydrogens is 262 g/mol. The number of aromatic nitrogens is 2. The lowest BCUT2D eigenvalue weighted by Gasteiger charge is -2.04. The second kappa shape index (κ2) is 5.69. The molecular formula is C13H13N3O2S. The second-order valence-electron chi connectivity index (χ2n) is 3.96. The third-order valence-electron chi connectivity index (χ3n) is 2.57. The molecule has 0 aliphatic rings. The molecule has 98 valence electrons. The molecule has 0 bridgehead atoms. The van der Waals surface area contributed by atoms with Crippen LogP contribution in [0.15, 0.2) is 27.2 Å². The van der Waals surface area contributed by atoms with Gasteiger partial charge in [0.05, 0.1) is 13.1 Å². The number of H-pyrrole nitrogens is 1. The Balaban J connectivity index is 2.37. The molecule has 3 N–H and O–H groups in total. The zero-order valence-corrected chi connectivity index (χ0v) is 11.2. The van der Waals surface area contributed by atoms with Crippen LogP contribution in [-0.2, 0) is 6.54 Å². The maximum Gasteiger partial charge on any atom is 0.328 e. The van der Waals surface area contributed by atoms with Crippen molar-refractivity contribution < 1.29 is 0 Å². The number of nitrogens with two attached hydrogens (primary N) is 1. The lowest BCUT2D eigenvalue weighted by atomic mass is 10.2. The van der Waals surface area contributed by atoms with Crippen LogP contribution in [0.1, 0.15) is 16.0 Å². The summed E-state index contributed by atoms with van der Waals surface area (Å²) in [5.41, 5.74) is 5.95. The van der Waals surface area contributed by atoms with Gasteiger partial charge in [-0.2, -0.15) is 0 Å². The predicted molar refractivity (Wildman–Crippen MR) is 75.4 cm³/mol. The van der Waals surface area contributed by atoms with Crippen molar-refractivity contribution in [3.05, 3.63) is 54.5 Å². The Kier molecular flexibility index (Phi) is 4.00. The minimum absolute atomic E-state index is 0.299. The van der Waals surface area contributed by atoms with Gasteiger partial charge in [-0.15, -0.1) is 11.3 Å². The molecule has 0 aromatic carbocycles. The standard InChI is InChI=1S/C13H13N3O2S/c1-9-7-16(13(18)15-12(9)17)8-11-10(3-2-5-14)4-6-19-11/h4,6-7H,5,8,14H2,1H3,(H,15,17,18). The molecule has 2 rings (SSSR count). The molecule has 2 heterocycles. The van der Waals surface area contributed by atoms with Crippen LogP contribution in [0.4, 0.5) is 0 Å². The molecule has 2 aromatic heterocycles. The molecule has 19 heavy (non-hydrogen) atoms. The van der Waals surface area contributed by atoms with E-state index in [1.807, 2.05) is 11.4 Å². The van der Waals surface area contributed by atoms with Crippen molar-refractivity contribution >= 4 is 11.3 Å². The minimum atomic E-state index is -0.415. The zero-order valence-electron chi connectivity index (χ0n) is 10.4. The third-order valence-corrected chi connectivity index (χ3v) is 3.48. The van der Waals surface area contributed by atoms with Gasteiger partial charge in [-0.25, -0.2) is 4.79 Å². The van der Waals surface area contributed by atoms with Gasteiger partial charge in [0, 0.05) is 22.2 Å². The number of nitrogens with zero attached hydrogens (tertiary/aromatic N) is 1.